The predicted octanol–water partition coefficient (Wildman–Crippen LogP) is 16.2. The standard InChI is InChI=1S/C62H50N2O2.ClH.NO.Ru/c1-61(63-39-47-37-45-25-11-15-29-51(45)57(59(47)65)55-49-27-13-9-23-43(49)31-33-53(55)41-19-5-3-6-20-41)35-17-18-36-62(61,2)64-40-48-38-46-26-12-16-30-52(46)58(60(48)66)56-50-28-14-10-24-44(50)32-34-54(56)42-21-7-4-8-22-42;;1-2;/h3-16,19-34,37-40,65-66H,17-18,35-36H2,1-2H3;1H;;/q;;;+1/p-1/t61-,62-;;;/m1.../s1. The van der Waals surface area contributed by atoms with Gasteiger partial charge in [0.1, 0.15) is 17.1 Å². The minimum absolute atomic E-state index is 0.201. The van der Waals surface area contributed by atoms with E-state index < -0.39 is 11.1 Å². The Morgan fingerprint density at radius 3 is 1.13 bits per heavy atom. The molecule has 0 amide bonds. The summed E-state index contributed by atoms with van der Waals surface area (Å²) < 4.78 is 0. The van der Waals surface area contributed by atoms with E-state index in [0.29, 0.717) is 11.1 Å². The van der Waals surface area contributed by atoms with Gasteiger partial charge >= 0.3 is 27.0 Å². The van der Waals surface area contributed by atoms with E-state index in [1.807, 2.05) is 54.0 Å². The van der Waals surface area contributed by atoms with Crippen molar-refractivity contribution in [1.29, 1.82) is 0 Å². The number of hydrogen-bond donors (Lipinski definition) is 2. The summed E-state index contributed by atoms with van der Waals surface area (Å²) >= 11 is 1.82. The number of aromatic hydroxyl groups is 2. The average Bonchev–Trinajstić information content (AvgIpc) is 3.42. The molecule has 0 aromatic heterocycles. The predicted molar refractivity (Wildman–Crippen MR) is 290 cm³/mol. The summed E-state index contributed by atoms with van der Waals surface area (Å²) in [6, 6.07) is 67.1. The summed E-state index contributed by atoms with van der Waals surface area (Å²) in [7, 11) is 4.57. The van der Waals surface area contributed by atoms with Crippen molar-refractivity contribution >= 4 is 65.2 Å². The summed E-state index contributed by atoms with van der Waals surface area (Å²) in [5.41, 5.74) is 13.7. The number of aliphatic imine (C=N–C) groups is 2. The minimum atomic E-state index is -0.611. The molecule has 1 radical (unpaired) electrons. The van der Waals surface area contributed by atoms with Gasteiger partial charge in [-0.3, -0.25) is 9.98 Å². The van der Waals surface area contributed by atoms with Gasteiger partial charge in [0.2, 0.25) is 0 Å². The molecule has 2 N–H and O–H groups in total. The quantitative estimate of drug-likeness (QED) is 0.117. The maximum Gasteiger partial charge on any atom is 0.120 e. The maximum atomic E-state index is 12.6. The number of phenols is 2. The van der Waals surface area contributed by atoms with Crippen LogP contribution < -0.4 is 5.59 Å². The molecule has 10 aromatic carbocycles. The Hall–Kier alpha value is -7.31. The molecule has 346 valence electrons. The van der Waals surface area contributed by atoms with Crippen molar-refractivity contribution in [1.82, 2.24) is 5.59 Å². The second kappa shape index (κ2) is 20.7. The summed E-state index contributed by atoms with van der Waals surface area (Å²) in [5.74, 6) is 0.403. The third kappa shape index (κ3) is 8.81. The van der Waals surface area contributed by atoms with Gasteiger partial charge in [0.25, 0.3) is 0 Å². The Labute approximate surface area is 422 Å². The first-order valence-electron chi connectivity index (χ1n) is 23.4. The van der Waals surface area contributed by atoms with Crippen molar-refractivity contribution in [2.45, 2.75) is 50.6 Å². The molecule has 0 saturated heterocycles. The fourth-order valence-corrected chi connectivity index (χ4v) is 10.5. The van der Waals surface area contributed by atoms with Crippen molar-refractivity contribution in [3.63, 3.8) is 0 Å². The number of fused-ring (bicyclic) bond motifs is 4. The van der Waals surface area contributed by atoms with Gasteiger partial charge in [0, 0.05) is 45.8 Å². The zero-order chi connectivity index (χ0) is 48.8. The van der Waals surface area contributed by atoms with Crippen molar-refractivity contribution in [3.8, 4) is 56.0 Å². The largest absolute Gasteiger partial charge is 0.120 e. The van der Waals surface area contributed by atoms with Crippen LogP contribution in [0.15, 0.2) is 204 Å². The Balaban J connectivity index is 0.00000148. The Kier molecular flexibility index (Phi) is 14.1. The summed E-state index contributed by atoms with van der Waals surface area (Å²) in [6.45, 7) is 4.40. The van der Waals surface area contributed by atoms with E-state index in [1.165, 1.54) is 0 Å². The SMILES string of the molecule is C[C@@]1(N=Cc2cc3ccccc3c(-c3c(-c4ccccc4)ccc4ccccc34)c2O)CCCC[C@@]1(C)N=Cc1cc2ccccc2c(-c2c(-c3ccccc3)ccc3ccccc23)c1O.[Cl][Ru].[N]=O. The fraction of sp³-hybridized carbons (Fsp3) is 0.129. The topological polar surface area (TPSA) is 105 Å². The number of nitroso groups, excluding NO2 is 1. The van der Waals surface area contributed by atoms with Crippen molar-refractivity contribution in [2.24, 2.45) is 9.98 Å². The smallest absolute Gasteiger partial charge is 0.120 e. The van der Waals surface area contributed by atoms with Crippen LogP contribution in [0.4, 0.5) is 0 Å². The molecule has 1 fully saturated rings. The fourth-order valence-electron chi connectivity index (χ4n) is 10.5. The van der Waals surface area contributed by atoms with Crippen molar-refractivity contribution < 1.29 is 27.5 Å². The molecule has 0 bridgehead atoms. The summed E-state index contributed by atoms with van der Waals surface area (Å²) in [4.78, 5) is 18.2. The maximum absolute atomic E-state index is 12.6. The van der Waals surface area contributed by atoms with E-state index in [4.69, 9.17) is 20.5 Å². The zero-order valence-electron chi connectivity index (χ0n) is 38.8. The molecular weight excluding hydrogens is 971 g/mol. The van der Waals surface area contributed by atoms with E-state index in [2.05, 4.69) is 193 Å². The molecule has 8 heteroatoms. The molecule has 0 aliphatic heterocycles. The second-order valence-electron chi connectivity index (χ2n) is 18.2. The van der Waals surface area contributed by atoms with Gasteiger partial charge in [0.15, 0.2) is 0 Å². The molecule has 0 unspecified atom stereocenters. The number of benzene rings is 10. The number of nitrogens with zero attached hydrogens (tertiary/aromatic N) is 3. The number of phenolic OH excluding ortho intramolecular Hbond substituents is 2. The van der Waals surface area contributed by atoms with Crippen LogP contribution in [-0.4, -0.2) is 33.7 Å². The van der Waals surface area contributed by atoms with Gasteiger partial charge in [-0.25, -0.2) is 0 Å². The molecular formula is C62H50ClN3O3Ru. The van der Waals surface area contributed by atoms with Crippen LogP contribution in [0.2, 0.25) is 0 Å². The third-order valence-corrected chi connectivity index (χ3v) is 14.3. The molecule has 70 heavy (non-hydrogen) atoms. The van der Waals surface area contributed by atoms with Gasteiger partial charge in [0.05, 0.1) is 11.1 Å². The number of rotatable bonds is 8. The molecule has 1 aliphatic carbocycles. The van der Waals surface area contributed by atoms with E-state index in [-0.39, 0.29) is 11.5 Å². The van der Waals surface area contributed by atoms with Gasteiger partial charge in [-0.15, -0.1) is 4.91 Å². The molecule has 10 aromatic rings. The Morgan fingerprint density at radius 1 is 0.443 bits per heavy atom. The van der Waals surface area contributed by atoms with Crippen LogP contribution in [0, 0.1) is 4.91 Å². The van der Waals surface area contributed by atoms with E-state index in [1.54, 1.807) is 0 Å². The van der Waals surface area contributed by atoms with Gasteiger partial charge in [-0.2, -0.15) is 0 Å². The van der Waals surface area contributed by atoms with E-state index in [0.717, 1.165) is 113 Å². The molecule has 0 spiro atoms. The molecule has 1 saturated carbocycles. The van der Waals surface area contributed by atoms with Crippen LogP contribution >= 0.6 is 9.69 Å². The first-order valence-corrected chi connectivity index (χ1v) is 25.6. The van der Waals surface area contributed by atoms with Crippen LogP contribution in [0.5, 0.6) is 11.5 Å². The van der Waals surface area contributed by atoms with Crippen LogP contribution in [0.1, 0.15) is 50.7 Å². The Morgan fingerprint density at radius 2 is 0.757 bits per heavy atom. The third-order valence-electron chi connectivity index (χ3n) is 14.3. The average molecular weight is 1020 g/mol. The monoisotopic (exact) mass is 1020 g/mol. The van der Waals surface area contributed by atoms with Crippen molar-refractivity contribution in [2.75, 3.05) is 0 Å². The zero-order valence-corrected chi connectivity index (χ0v) is 41.3. The minimum Gasteiger partial charge on any atom is -0.120 e. The van der Waals surface area contributed by atoms with Crippen LogP contribution in [0.25, 0.3) is 87.6 Å². The number of halogens is 1. The van der Waals surface area contributed by atoms with Gasteiger partial charge < -0.3 is 10.2 Å². The van der Waals surface area contributed by atoms with E-state index in [9.17, 15) is 10.2 Å². The first kappa shape index (κ1) is 47.7. The molecule has 6 nitrogen and oxygen atoms in total. The van der Waals surface area contributed by atoms with Gasteiger partial charge in [-0.1, -0.05) is 195 Å². The van der Waals surface area contributed by atoms with Crippen LogP contribution in [-0.2, 0) is 17.3 Å². The van der Waals surface area contributed by atoms with Crippen LogP contribution in [0.3, 0.4) is 0 Å². The summed E-state index contributed by atoms with van der Waals surface area (Å²) in [5, 5.41) is 33.6. The van der Waals surface area contributed by atoms with E-state index >= 15 is 0 Å². The van der Waals surface area contributed by atoms with Crippen molar-refractivity contribution in [3.05, 3.63) is 210 Å². The first-order chi connectivity index (χ1) is 34.3. The summed E-state index contributed by atoms with van der Waals surface area (Å²) in [6.07, 6.45) is 7.44. The van der Waals surface area contributed by atoms with Gasteiger partial charge in [-0.05, 0) is 104 Å². The molecule has 0 heterocycles. The molecule has 11 rings (SSSR count). The number of hydrogen-bond acceptors (Lipinski definition) is 5. The molecule has 1 aliphatic rings. The Bertz CT molecular complexity index is 3350. The normalized spacial score (nSPS) is 16.9. The second-order valence-corrected chi connectivity index (χ2v) is 18.2. The molecule has 2 atom stereocenters.